The van der Waals surface area contributed by atoms with Gasteiger partial charge in [0.15, 0.2) is 0 Å². The Morgan fingerprint density at radius 1 is 1.30 bits per heavy atom. The van der Waals surface area contributed by atoms with Crippen LogP contribution in [0.4, 0.5) is 0 Å². The second kappa shape index (κ2) is 6.12. The fraction of sp³-hybridized carbons (Fsp3) is 0.867. The minimum atomic E-state index is -0.359. The molecule has 114 valence electrons. The zero-order chi connectivity index (χ0) is 14.8. The molecule has 5 heteroatoms. The number of piperidine rings is 1. The summed E-state index contributed by atoms with van der Waals surface area (Å²) in [7, 11) is 0. The van der Waals surface area contributed by atoms with Gasteiger partial charge >= 0.3 is 0 Å². The first-order chi connectivity index (χ1) is 9.47. The number of carbonyl (C=O) groups is 2. The second-order valence-electron chi connectivity index (χ2n) is 6.54. The van der Waals surface area contributed by atoms with E-state index in [4.69, 9.17) is 0 Å². The second-order valence-corrected chi connectivity index (χ2v) is 6.54. The first-order valence-corrected chi connectivity index (χ1v) is 7.69. The average Bonchev–Trinajstić information content (AvgIpc) is 2.42. The largest absolute Gasteiger partial charge is 0.394 e. The lowest BCUT2D eigenvalue weighted by Gasteiger charge is -2.42. The quantitative estimate of drug-likeness (QED) is 0.805. The van der Waals surface area contributed by atoms with Crippen LogP contribution in [-0.2, 0) is 9.59 Å². The van der Waals surface area contributed by atoms with Crippen LogP contribution in [-0.4, -0.2) is 47.1 Å². The van der Waals surface area contributed by atoms with Crippen LogP contribution in [0, 0.1) is 11.8 Å². The molecule has 5 nitrogen and oxygen atoms in total. The van der Waals surface area contributed by atoms with E-state index >= 15 is 0 Å². The minimum Gasteiger partial charge on any atom is -0.394 e. The summed E-state index contributed by atoms with van der Waals surface area (Å²) in [6, 6.07) is 0. The van der Waals surface area contributed by atoms with Gasteiger partial charge in [-0.15, -0.1) is 0 Å². The van der Waals surface area contributed by atoms with Crippen LogP contribution in [0.1, 0.15) is 46.0 Å². The van der Waals surface area contributed by atoms with Crippen molar-refractivity contribution in [3.05, 3.63) is 0 Å². The zero-order valence-corrected chi connectivity index (χ0v) is 12.5. The highest BCUT2D eigenvalue weighted by Crippen LogP contribution is 2.32. The van der Waals surface area contributed by atoms with Gasteiger partial charge < -0.3 is 15.3 Å². The number of nitrogens with zero attached hydrogens (tertiary/aromatic N) is 1. The minimum absolute atomic E-state index is 0.0183. The van der Waals surface area contributed by atoms with Crippen molar-refractivity contribution in [2.24, 2.45) is 11.8 Å². The van der Waals surface area contributed by atoms with Crippen LogP contribution in [0.3, 0.4) is 0 Å². The summed E-state index contributed by atoms with van der Waals surface area (Å²) >= 11 is 0. The maximum Gasteiger partial charge on any atom is 0.225 e. The van der Waals surface area contributed by atoms with Crippen molar-refractivity contribution in [1.82, 2.24) is 10.2 Å². The van der Waals surface area contributed by atoms with E-state index in [0.29, 0.717) is 13.1 Å². The van der Waals surface area contributed by atoms with Crippen LogP contribution in [0.2, 0.25) is 0 Å². The first kappa shape index (κ1) is 15.3. The van der Waals surface area contributed by atoms with Crippen molar-refractivity contribution in [3.8, 4) is 0 Å². The van der Waals surface area contributed by atoms with Crippen LogP contribution < -0.4 is 5.32 Å². The third kappa shape index (κ3) is 3.14. The number of nitrogens with one attached hydrogen (secondary N) is 1. The monoisotopic (exact) mass is 282 g/mol. The van der Waals surface area contributed by atoms with E-state index in [9.17, 15) is 14.7 Å². The van der Waals surface area contributed by atoms with Crippen LogP contribution in [0.5, 0.6) is 0 Å². The maximum absolute atomic E-state index is 12.3. The molecule has 2 N–H and O–H groups in total. The lowest BCUT2D eigenvalue weighted by atomic mass is 9.77. The number of hydrogen-bond donors (Lipinski definition) is 2. The fourth-order valence-electron chi connectivity index (χ4n) is 3.02. The standard InChI is InChI=1S/C15H26N2O3/c1-11(2)14(20)17-8-4-12(5-9-17)13(19)16-15(10-18)6-3-7-15/h11-12,18H,3-10H2,1-2H3,(H,16,19). The van der Waals surface area contributed by atoms with Gasteiger partial charge in [0.25, 0.3) is 0 Å². The maximum atomic E-state index is 12.3. The zero-order valence-electron chi connectivity index (χ0n) is 12.5. The summed E-state index contributed by atoms with van der Waals surface area (Å²) in [6.07, 6.45) is 4.28. The van der Waals surface area contributed by atoms with E-state index in [1.165, 1.54) is 0 Å². The molecule has 0 spiro atoms. The first-order valence-electron chi connectivity index (χ1n) is 7.69. The summed E-state index contributed by atoms with van der Waals surface area (Å²) in [6.45, 7) is 5.18. The molecule has 1 saturated heterocycles. The summed E-state index contributed by atoms with van der Waals surface area (Å²) in [4.78, 5) is 26.0. The lowest BCUT2D eigenvalue weighted by Crippen LogP contribution is -2.58. The van der Waals surface area contributed by atoms with Crippen molar-refractivity contribution in [1.29, 1.82) is 0 Å². The molecule has 0 radical (unpaired) electrons. The Balaban J connectivity index is 1.81. The molecule has 0 aromatic carbocycles. The molecule has 1 heterocycles. The Kier molecular flexibility index (Phi) is 4.68. The van der Waals surface area contributed by atoms with Crippen molar-refractivity contribution >= 4 is 11.8 Å². The van der Waals surface area contributed by atoms with E-state index in [-0.39, 0.29) is 35.8 Å². The van der Waals surface area contributed by atoms with Crippen LogP contribution in [0.25, 0.3) is 0 Å². The molecular weight excluding hydrogens is 256 g/mol. The van der Waals surface area contributed by atoms with Gasteiger partial charge in [-0.05, 0) is 32.1 Å². The number of aliphatic hydroxyl groups excluding tert-OH is 1. The lowest BCUT2D eigenvalue weighted by molar-refractivity contribution is -0.139. The molecule has 2 fully saturated rings. The molecule has 0 unspecified atom stereocenters. The molecule has 1 aliphatic carbocycles. The van der Waals surface area contributed by atoms with Crippen molar-refractivity contribution < 1.29 is 14.7 Å². The molecule has 2 rings (SSSR count). The number of likely N-dealkylation sites (tertiary alicyclic amines) is 1. The normalized spacial score (nSPS) is 22.5. The number of rotatable bonds is 4. The van der Waals surface area contributed by atoms with Gasteiger partial charge in [-0.3, -0.25) is 9.59 Å². The van der Waals surface area contributed by atoms with Gasteiger partial charge in [0, 0.05) is 24.9 Å². The molecule has 2 aliphatic rings. The Morgan fingerprint density at radius 3 is 2.30 bits per heavy atom. The number of hydrogen-bond acceptors (Lipinski definition) is 3. The SMILES string of the molecule is CC(C)C(=O)N1CCC(C(=O)NC2(CO)CCC2)CC1. The molecule has 1 saturated carbocycles. The van der Waals surface area contributed by atoms with E-state index in [1.54, 1.807) is 0 Å². The molecule has 2 amide bonds. The van der Waals surface area contributed by atoms with Gasteiger partial charge in [0.1, 0.15) is 0 Å². The van der Waals surface area contributed by atoms with Crippen molar-refractivity contribution in [2.75, 3.05) is 19.7 Å². The van der Waals surface area contributed by atoms with Gasteiger partial charge in [-0.2, -0.15) is 0 Å². The topological polar surface area (TPSA) is 69.6 Å². The number of amides is 2. The Labute approximate surface area is 120 Å². The molecule has 0 bridgehead atoms. The van der Waals surface area contributed by atoms with Crippen molar-refractivity contribution in [3.63, 3.8) is 0 Å². The van der Waals surface area contributed by atoms with Gasteiger partial charge in [0.2, 0.25) is 11.8 Å². The fourth-order valence-corrected chi connectivity index (χ4v) is 3.02. The summed E-state index contributed by atoms with van der Waals surface area (Å²) in [5, 5.41) is 12.4. The molecular formula is C15H26N2O3. The molecule has 0 aromatic heterocycles. The molecule has 1 aliphatic heterocycles. The predicted molar refractivity (Wildman–Crippen MR) is 76.0 cm³/mol. The average molecular weight is 282 g/mol. The molecule has 0 atom stereocenters. The highest BCUT2D eigenvalue weighted by Gasteiger charge is 2.39. The smallest absolute Gasteiger partial charge is 0.225 e. The summed E-state index contributed by atoms with van der Waals surface area (Å²) in [5.74, 6) is 0.230. The molecule has 0 aromatic rings. The van der Waals surface area contributed by atoms with Gasteiger partial charge in [-0.1, -0.05) is 13.8 Å². The Morgan fingerprint density at radius 2 is 1.90 bits per heavy atom. The third-order valence-electron chi connectivity index (χ3n) is 4.67. The van der Waals surface area contributed by atoms with Gasteiger partial charge in [-0.25, -0.2) is 0 Å². The Hall–Kier alpha value is -1.10. The summed E-state index contributed by atoms with van der Waals surface area (Å²) < 4.78 is 0. The third-order valence-corrected chi connectivity index (χ3v) is 4.67. The van der Waals surface area contributed by atoms with E-state index in [2.05, 4.69) is 5.32 Å². The van der Waals surface area contributed by atoms with Crippen molar-refractivity contribution in [2.45, 2.75) is 51.5 Å². The summed E-state index contributed by atoms with van der Waals surface area (Å²) in [5.41, 5.74) is -0.359. The highest BCUT2D eigenvalue weighted by molar-refractivity contribution is 5.81. The predicted octanol–water partition coefficient (Wildman–Crippen LogP) is 0.912. The van der Waals surface area contributed by atoms with Gasteiger partial charge in [0.05, 0.1) is 12.1 Å². The van der Waals surface area contributed by atoms with Crippen LogP contribution >= 0.6 is 0 Å². The van der Waals surface area contributed by atoms with E-state index < -0.39 is 0 Å². The molecule has 20 heavy (non-hydrogen) atoms. The Bertz CT molecular complexity index is 364. The van der Waals surface area contributed by atoms with E-state index in [1.807, 2.05) is 18.7 Å². The van der Waals surface area contributed by atoms with E-state index in [0.717, 1.165) is 32.1 Å². The number of carbonyl (C=O) groups excluding carboxylic acids is 2. The van der Waals surface area contributed by atoms with Crippen LogP contribution in [0.15, 0.2) is 0 Å². The highest BCUT2D eigenvalue weighted by atomic mass is 16.3. The number of aliphatic hydroxyl groups is 1.